The van der Waals surface area contributed by atoms with Gasteiger partial charge in [0, 0.05) is 31.1 Å². The monoisotopic (exact) mass is 329 g/mol. The van der Waals surface area contributed by atoms with Crippen LogP contribution in [0.4, 0.5) is 0 Å². The van der Waals surface area contributed by atoms with Crippen molar-refractivity contribution in [2.75, 3.05) is 48.8 Å². The Morgan fingerprint density at radius 3 is 1.83 bits per heavy atom. The minimum Gasteiger partial charge on any atom is -0.368 e. The molecule has 3 fully saturated rings. The Bertz CT molecular complexity index is 104. The summed E-state index contributed by atoms with van der Waals surface area (Å²) in [6, 6.07) is 0. The van der Waals surface area contributed by atoms with Crippen molar-refractivity contribution in [3.05, 3.63) is 0 Å². The molecule has 0 saturated carbocycles. The average Bonchev–Trinajstić information content (AvgIpc) is 2.54. The predicted octanol–water partition coefficient (Wildman–Crippen LogP) is 2.16. The van der Waals surface area contributed by atoms with Crippen LogP contribution >= 0.6 is 47.6 Å². The standard InChI is InChI=1S/C4H9NS.C3H7NOS.C3H7NS2/c1-2-4-6-5-3-1;2*1-2-5-3-6-4-1/h5H,1-4H2;2*4H,1-3H2. The summed E-state index contributed by atoms with van der Waals surface area (Å²) in [6.45, 7) is 4.25. The first-order chi connectivity index (χ1) is 9.00. The second-order valence-electron chi connectivity index (χ2n) is 3.58. The number of hydrogen-bond acceptors (Lipinski definition) is 8. The molecule has 0 aliphatic carbocycles. The van der Waals surface area contributed by atoms with Gasteiger partial charge in [-0.15, -0.1) is 11.8 Å². The fourth-order valence-corrected chi connectivity index (χ4v) is 4.23. The maximum absolute atomic E-state index is 4.97. The fraction of sp³-hybridized carbons (Fsp3) is 1.00. The van der Waals surface area contributed by atoms with E-state index in [1.807, 2.05) is 35.7 Å². The maximum atomic E-state index is 4.97. The van der Waals surface area contributed by atoms with Crippen molar-refractivity contribution in [3.63, 3.8) is 0 Å². The predicted molar refractivity (Wildman–Crippen MR) is 89.0 cm³/mol. The van der Waals surface area contributed by atoms with E-state index in [4.69, 9.17) is 4.74 Å². The lowest BCUT2D eigenvalue weighted by Crippen LogP contribution is -2.19. The molecule has 4 nitrogen and oxygen atoms in total. The van der Waals surface area contributed by atoms with Crippen molar-refractivity contribution < 1.29 is 4.74 Å². The fourth-order valence-electron chi connectivity index (χ4n) is 1.17. The molecule has 8 heteroatoms. The maximum Gasteiger partial charge on any atom is 0.106 e. The zero-order valence-corrected chi connectivity index (χ0v) is 13.9. The van der Waals surface area contributed by atoms with Crippen LogP contribution in [0.15, 0.2) is 0 Å². The largest absolute Gasteiger partial charge is 0.368 e. The van der Waals surface area contributed by atoms with Crippen LogP contribution in [0.5, 0.6) is 0 Å². The summed E-state index contributed by atoms with van der Waals surface area (Å²) >= 11 is 7.27. The van der Waals surface area contributed by atoms with Crippen LogP contribution < -0.4 is 14.2 Å². The number of thioether (sulfide) groups is 1. The first-order valence-corrected chi connectivity index (χ1v) is 10.3. The van der Waals surface area contributed by atoms with E-state index < -0.39 is 0 Å². The second kappa shape index (κ2) is 14.6. The average molecular weight is 330 g/mol. The van der Waals surface area contributed by atoms with E-state index in [-0.39, 0.29) is 0 Å². The lowest BCUT2D eigenvalue weighted by atomic mass is 10.3. The molecule has 0 atom stereocenters. The number of rotatable bonds is 0. The Hall–Kier alpha value is 1.24. The van der Waals surface area contributed by atoms with E-state index in [1.165, 1.54) is 42.5 Å². The Kier molecular flexibility index (Phi) is 14.1. The Morgan fingerprint density at radius 2 is 1.67 bits per heavy atom. The van der Waals surface area contributed by atoms with E-state index in [9.17, 15) is 0 Å². The van der Waals surface area contributed by atoms with Crippen LogP contribution in [0.1, 0.15) is 12.8 Å². The van der Waals surface area contributed by atoms with Gasteiger partial charge in [0.1, 0.15) is 5.94 Å². The lowest BCUT2D eigenvalue weighted by Gasteiger charge is -2.09. The second-order valence-corrected chi connectivity index (χ2v) is 7.71. The summed E-state index contributed by atoms with van der Waals surface area (Å²) in [5.41, 5.74) is 0. The Balaban J connectivity index is 0.000000135. The smallest absolute Gasteiger partial charge is 0.106 e. The molecule has 3 heterocycles. The zero-order chi connectivity index (χ0) is 12.7. The molecular formula is C10H23N3OS4. The van der Waals surface area contributed by atoms with Gasteiger partial charge >= 0.3 is 0 Å². The highest BCUT2D eigenvalue weighted by Gasteiger charge is 1.95. The molecular weight excluding hydrogens is 306 g/mol. The molecule has 3 rings (SSSR count). The van der Waals surface area contributed by atoms with Gasteiger partial charge in [0.25, 0.3) is 0 Å². The summed E-state index contributed by atoms with van der Waals surface area (Å²) in [7, 11) is 0. The molecule has 108 valence electrons. The quantitative estimate of drug-likeness (QED) is 0.585. The van der Waals surface area contributed by atoms with Gasteiger partial charge in [0.15, 0.2) is 0 Å². The van der Waals surface area contributed by atoms with Gasteiger partial charge in [-0.25, -0.2) is 0 Å². The summed E-state index contributed by atoms with van der Waals surface area (Å²) < 4.78 is 14.4. The Morgan fingerprint density at radius 1 is 0.778 bits per heavy atom. The first kappa shape index (κ1) is 17.3. The molecule has 0 aromatic carbocycles. The Labute approximate surface area is 128 Å². The molecule has 0 spiro atoms. The van der Waals surface area contributed by atoms with Gasteiger partial charge in [-0.3, -0.25) is 14.2 Å². The van der Waals surface area contributed by atoms with E-state index >= 15 is 0 Å². The number of hydrogen-bond donors (Lipinski definition) is 3. The number of ether oxygens (including phenoxy) is 1. The van der Waals surface area contributed by atoms with Crippen LogP contribution in [-0.4, -0.2) is 48.8 Å². The van der Waals surface area contributed by atoms with Crippen molar-refractivity contribution in [1.82, 2.24) is 14.2 Å². The van der Waals surface area contributed by atoms with Gasteiger partial charge < -0.3 is 4.74 Å². The van der Waals surface area contributed by atoms with Crippen molar-refractivity contribution in [2.24, 2.45) is 0 Å². The lowest BCUT2D eigenvalue weighted by molar-refractivity contribution is 0.179. The zero-order valence-electron chi connectivity index (χ0n) is 10.6. The third-order valence-corrected chi connectivity index (χ3v) is 5.70. The highest BCUT2D eigenvalue weighted by Crippen LogP contribution is 2.11. The van der Waals surface area contributed by atoms with Crippen molar-refractivity contribution >= 4 is 47.6 Å². The van der Waals surface area contributed by atoms with Crippen LogP contribution in [0.2, 0.25) is 0 Å². The van der Waals surface area contributed by atoms with Gasteiger partial charge in [-0.1, -0.05) is 35.8 Å². The normalized spacial score (nSPS) is 24.0. The number of nitrogens with one attached hydrogen (secondary N) is 3. The molecule has 3 saturated heterocycles. The highest BCUT2D eigenvalue weighted by molar-refractivity contribution is 8.15. The SMILES string of the molecule is C1CCSNC1.C1COCSN1.C1CSCSN1. The van der Waals surface area contributed by atoms with Crippen molar-refractivity contribution in [2.45, 2.75) is 12.8 Å². The van der Waals surface area contributed by atoms with E-state index in [0.29, 0.717) is 0 Å². The van der Waals surface area contributed by atoms with Crippen LogP contribution in [0.25, 0.3) is 0 Å². The molecule has 3 aliphatic heterocycles. The molecule has 0 aromatic rings. The van der Waals surface area contributed by atoms with Gasteiger partial charge in [0.2, 0.25) is 0 Å². The van der Waals surface area contributed by atoms with Gasteiger partial charge in [-0.2, -0.15) is 0 Å². The van der Waals surface area contributed by atoms with Crippen LogP contribution in [0.3, 0.4) is 0 Å². The molecule has 0 radical (unpaired) electrons. The third kappa shape index (κ3) is 12.3. The minimum absolute atomic E-state index is 0.806. The van der Waals surface area contributed by atoms with Gasteiger partial charge in [0.05, 0.1) is 11.7 Å². The van der Waals surface area contributed by atoms with Crippen LogP contribution in [-0.2, 0) is 4.74 Å². The molecule has 18 heavy (non-hydrogen) atoms. The third-order valence-electron chi connectivity index (χ3n) is 2.06. The highest BCUT2D eigenvalue weighted by atomic mass is 32.2. The van der Waals surface area contributed by atoms with Crippen LogP contribution in [0, 0.1) is 0 Å². The van der Waals surface area contributed by atoms with Crippen molar-refractivity contribution in [3.8, 4) is 0 Å². The summed E-state index contributed by atoms with van der Waals surface area (Å²) in [5, 5.41) is 1.22. The molecule has 0 bridgehead atoms. The van der Waals surface area contributed by atoms with E-state index in [0.717, 1.165) is 19.1 Å². The van der Waals surface area contributed by atoms with E-state index in [1.54, 1.807) is 11.9 Å². The topological polar surface area (TPSA) is 45.3 Å². The van der Waals surface area contributed by atoms with E-state index in [2.05, 4.69) is 14.2 Å². The summed E-state index contributed by atoms with van der Waals surface area (Å²) in [5.74, 6) is 3.40. The summed E-state index contributed by atoms with van der Waals surface area (Å²) in [4.78, 5) is 0. The molecule has 3 aliphatic rings. The minimum atomic E-state index is 0.806. The van der Waals surface area contributed by atoms with Gasteiger partial charge in [-0.05, 0) is 12.8 Å². The molecule has 0 aromatic heterocycles. The summed E-state index contributed by atoms with van der Waals surface area (Å²) in [6.07, 6.45) is 2.77. The van der Waals surface area contributed by atoms with Crippen molar-refractivity contribution in [1.29, 1.82) is 0 Å². The molecule has 0 amide bonds. The molecule has 3 N–H and O–H groups in total. The molecule has 0 unspecified atom stereocenters. The first-order valence-electron chi connectivity index (χ1n) is 6.19.